The Hall–Kier alpha value is -1.67. The van der Waals surface area contributed by atoms with Crippen LogP contribution in [0.3, 0.4) is 0 Å². The highest BCUT2D eigenvalue weighted by atomic mass is 16.5. The topological polar surface area (TPSA) is 97.0 Å². The lowest BCUT2D eigenvalue weighted by Crippen LogP contribution is -2.51. The number of carbonyl (C=O) groups is 3. The summed E-state index contributed by atoms with van der Waals surface area (Å²) in [5.74, 6) is -0.784. The van der Waals surface area contributed by atoms with E-state index in [-0.39, 0.29) is 12.5 Å². The lowest BCUT2D eigenvalue weighted by molar-refractivity contribution is -0.148. The van der Waals surface area contributed by atoms with Gasteiger partial charge in [0, 0.05) is 13.7 Å². The standard InChI is InChI=1S/C13H23N3O5/c1-20-8-6-14-13(19)15-11(17)9-16-7-4-3-5-10(16)12(18)21-2/h10H,3-9H2,1-2H3,(H2,14,15,17,19)/t10-/m1/s1. The van der Waals surface area contributed by atoms with Gasteiger partial charge in [-0.15, -0.1) is 0 Å². The molecule has 8 nitrogen and oxygen atoms in total. The summed E-state index contributed by atoms with van der Waals surface area (Å²) in [5.41, 5.74) is 0. The van der Waals surface area contributed by atoms with Crippen molar-refractivity contribution < 1.29 is 23.9 Å². The zero-order chi connectivity index (χ0) is 15.7. The van der Waals surface area contributed by atoms with E-state index in [0.717, 1.165) is 12.8 Å². The number of piperidine rings is 1. The smallest absolute Gasteiger partial charge is 0.323 e. The largest absolute Gasteiger partial charge is 0.468 e. The number of hydrogen-bond acceptors (Lipinski definition) is 6. The molecule has 0 aromatic rings. The third-order valence-electron chi connectivity index (χ3n) is 3.28. The number of nitrogens with one attached hydrogen (secondary N) is 2. The molecule has 3 amide bonds. The molecule has 1 rings (SSSR count). The van der Waals surface area contributed by atoms with E-state index in [0.29, 0.717) is 26.1 Å². The van der Waals surface area contributed by atoms with Crippen molar-refractivity contribution in [1.29, 1.82) is 0 Å². The molecular formula is C13H23N3O5. The van der Waals surface area contributed by atoms with Crippen molar-refractivity contribution in [2.75, 3.05) is 40.5 Å². The number of esters is 1. The van der Waals surface area contributed by atoms with Gasteiger partial charge in [-0.2, -0.15) is 0 Å². The number of rotatable bonds is 6. The summed E-state index contributed by atoms with van der Waals surface area (Å²) in [4.78, 5) is 36.7. The molecule has 0 aromatic heterocycles. The molecule has 0 unspecified atom stereocenters. The maximum Gasteiger partial charge on any atom is 0.323 e. The SMILES string of the molecule is COCCNC(=O)NC(=O)CN1CCCC[C@@H]1C(=O)OC. The van der Waals surface area contributed by atoms with Crippen LogP contribution in [0.25, 0.3) is 0 Å². The van der Waals surface area contributed by atoms with Crippen molar-refractivity contribution in [3.63, 3.8) is 0 Å². The van der Waals surface area contributed by atoms with E-state index in [1.807, 2.05) is 0 Å². The number of hydrogen-bond donors (Lipinski definition) is 2. The molecule has 1 atom stereocenters. The fraction of sp³-hybridized carbons (Fsp3) is 0.769. The van der Waals surface area contributed by atoms with Crippen LogP contribution in [0, 0.1) is 0 Å². The zero-order valence-electron chi connectivity index (χ0n) is 12.5. The van der Waals surface area contributed by atoms with Gasteiger partial charge in [0.2, 0.25) is 5.91 Å². The van der Waals surface area contributed by atoms with Gasteiger partial charge >= 0.3 is 12.0 Å². The molecule has 1 fully saturated rings. The fourth-order valence-electron chi connectivity index (χ4n) is 2.24. The van der Waals surface area contributed by atoms with Crippen LogP contribution in [0.4, 0.5) is 4.79 Å². The maximum atomic E-state index is 11.8. The first-order valence-electron chi connectivity index (χ1n) is 6.97. The Labute approximate surface area is 124 Å². The summed E-state index contributed by atoms with van der Waals surface area (Å²) in [7, 11) is 2.85. The van der Waals surface area contributed by atoms with Crippen molar-refractivity contribution in [2.24, 2.45) is 0 Å². The summed E-state index contributed by atoms with van der Waals surface area (Å²) < 4.78 is 9.53. The Morgan fingerprint density at radius 3 is 2.67 bits per heavy atom. The third-order valence-corrected chi connectivity index (χ3v) is 3.28. The van der Waals surface area contributed by atoms with Crippen LogP contribution in [0.15, 0.2) is 0 Å². The Morgan fingerprint density at radius 2 is 2.00 bits per heavy atom. The lowest BCUT2D eigenvalue weighted by atomic mass is 10.0. The summed E-state index contributed by atoms with van der Waals surface area (Å²) >= 11 is 0. The Kier molecular flexibility index (Phi) is 7.70. The average molecular weight is 301 g/mol. The number of methoxy groups -OCH3 is 2. The number of ether oxygens (including phenoxy) is 2. The van der Waals surface area contributed by atoms with Crippen molar-refractivity contribution in [3.8, 4) is 0 Å². The molecule has 0 radical (unpaired) electrons. The molecule has 21 heavy (non-hydrogen) atoms. The Balaban J connectivity index is 2.40. The predicted octanol–water partition coefficient (Wildman–Crippen LogP) is -0.514. The highest BCUT2D eigenvalue weighted by Crippen LogP contribution is 2.17. The van der Waals surface area contributed by atoms with Crippen LogP contribution >= 0.6 is 0 Å². The summed E-state index contributed by atoms with van der Waals surface area (Å²) in [5, 5.41) is 4.72. The average Bonchev–Trinajstić information content (AvgIpc) is 2.47. The van der Waals surface area contributed by atoms with E-state index in [4.69, 9.17) is 9.47 Å². The van der Waals surface area contributed by atoms with Gasteiger partial charge < -0.3 is 14.8 Å². The first-order chi connectivity index (χ1) is 10.1. The van der Waals surface area contributed by atoms with Gasteiger partial charge in [0.15, 0.2) is 0 Å². The van der Waals surface area contributed by atoms with E-state index in [1.165, 1.54) is 14.2 Å². The minimum atomic E-state index is -0.566. The lowest BCUT2D eigenvalue weighted by Gasteiger charge is -2.32. The van der Waals surface area contributed by atoms with Gasteiger partial charge in [0.1, 0.15) is 6.04 Å². The third kappa shape index (κ3) is 6.09. The normalized spacial score (nSPS) is 18.9. The summed E-state index contributed by atoms with van der Waals surface area (Å²) in [6, 6.07) is -0.977. The Morgan fingerprint density at radius 1 is 1.24 bits per heavy atom. The molecule has 1 saturated heterocycles. The monoisotopic (exact) mass is 301 g/mol. The van der Waals surface area contributed by atoms with Crippen molar-refractivity contribution in [2.45, 2.75) is 25.3 Å². The quantitative estimate of drug-likeness (QED) is 0.506. The summed E-state index contributed by atoms with van der Waals surface area (Å²) in [6.07, 6.45) is 2.51. The number of nitrogens with zero attached hydrogens (tertiary/aromatic N) is 1. The van der Waals surface area contributed by atoms with Gasteiger partial charge in [0.25, 0.3) is 0 Å². The van der Waals surface area contributed by atoms with Crippen LogP contribution in [0.2, 0.25) is 0 Å². The van der Waals surface area contributed by atoms with Gasteiger partial charge in [-0.25, -0.2) is 4.79 Å². The number of imide groups is 1. The molecule has 1 heterocycles. The highest BCUT2D eigenvalue weighted by molar-refractivity contribution is 5.95. The Bertz CT molecular complexity index is 375. The second-order valence-corrected chi connectivity index (χ2v) is 4.80. The predicted molar refractivity (Wildman–Crippen MR) is 74.6 cm³/mol. The van der Waals surface area contributed by atoms with Gasteiger partial charge in [0.05, 0.1) is 20.3 Å². The van der Waals surface area contributed by atoms with Crippen molar-refractivity contribution >= 4 is 17.9 Å². The summed E-state index contributed by atoms with van der Waals surface area (Å²) in [6.45, 7) is 1.33. The van der Waals surface area contributed by atoms with Gasteiger partial charge in [-0.1, -0.05) is 6.42 Å². The first-order valence-corrected chi connectivity index (χ1v) is 6.97. The van der Waals surface area contributed by atoms with E-state index in [2.05, 4.69) is 10.6 Å². The first kappa shape index (κ1) is 17.4. The number of amides is 3. The molecule has 0 aromatic carbocycles. The van der Waals surface area contributed by atoms with E-state index in [1.54, 1.807) is 4.90 Å². The van der Waals surface area contributed by atoms with Crippen LogP contribution in [-0.2, 0) is 19.1 Å². The molecule has 0 spiro atoms. The second-order valence-electron chi connectivity index (χ2n) is 4.80. The van der Waals surface area contributed by atoms with Crippen molar-refractivity contribution in [3.05, 3.63) is 0 Å². The van der Waals surface area contributed by atoms with E-state index in [9.17, 15) is 14.4 Å². The molecule has 120 valence electrons. The molecule has 0 aliphatic carbocycles. The number of urea groups is 1. The highest BCUT2D eigenvalue weighted by Gasteiger charge is 2.30. The van der Waals surface area contributed by atoms with E-state index >= 15 is 0 Å². The van der Waals surface area contributed by atoms with Crippen LogP contribution in [-0.4, -0.2) is 69.3 Å². The number of carbonyl (C=O) groups excluding carboxylic acids is 3. The molecule has 0 bridgehead atoms. The molecule has 1 aliphatic heterocycles. The molecule has 8 heteroatoms. The zero-order valence-corrected chi connectivity index (χ0v) is 12.5. The molecule has 2 N–H and O–H groups in total. The fourth-order valence-corrected chi connectivity index (χ4v) is 2.24. The molecule has 0 saturated carbocycles. The van der Waals surface area contributed by atoms with E-state index < -0.39 is 18.0 Å². The minimum Gasteiger partial charge on any atom is -0.468 e. The molecular weight excluding hydrogens is 278 g/mol. The van der Waals surface area contributed by atoms with Crippen LogP contribution in [0.1, 0.15) is 19.3 Å². The van der Waals surface area contributed by atoms with Gasteiger partial charge in [-0.05, 0) is 19.4 Å². The minimum absolute atomic E-state index is 0.00252. The molecule has 1 aliphatic rings. The van der Waals surface area contributed by atoms with Crippen LogP contribution in [0.5, 0.6) is 0 Å². The second kappa shape index (κ2) is 9.30. The number of likely N-dealkylation sites (tertiary alicyclic amines) is 1. The van der Waals surface area contributed by atoms with Crippen molar-refractivity contribution in [1.82, 2.24) is 15.5 Å². The van der Waals surface area contributed by atoms with Crippen LogP contribution < -0.4 is 10.6 Å². The van der Waals surface area contributed by atoms with Gasteiger partial charge in [-0.3, -0.25) is 19.8 Å². The maximum absolute atomic E-state index is 11.8.